The van der Waals surface area contributed by atoms with E-state index in [9.17, 15) is 10.1 Å². The van der Waals surface area contributed by atoms with Gasteiger partial charge in [-0.3, -0.25) is 9.36 Å². The van der Waals surface area contributed by atoms with Gasteiger partial charge in [0.15, 0.2) is 29.4 Å². The third-order valence-electron chi connectivity index (χ3n) is 10.7. The minimum Gasteiger partial charge on any atom is -0.497 e. The molecule has 63 heavy (non-hydrogen) atoms. The number of rotatable bonds is 19. The number of nitrogens with one attached hydrogen (secondary N) is 1. The van der Waals surface area contributed by atoms with Gasteiger partial charge in [0.1, 0.15) is 35.6 Å². The molecular formula is C47H51FN7O7P. The molecule has 14 nitrogen and oxygen atoms in total. The fourth-order valence-corrected chi connectivity index (χ4v) is 9.52. The highest BCUT2D eigenvalue weighted by atomic mass is 31.2. The van der Waals surface area contributed by atoms with Crippen LogP contribution in [-0.2, 0) is 24.1 Å². The molecule has 6 aromatic rings. The van der Waals surface area contributed by atoms with Crippen LogP contribution in [0.4, 0.5) is 10.2 Å². The van der Waals surface area contributed by atoms with E-state index in [2.05, 4.69) is 26.3 Å². The Morgan fingerprint density at radius 1 is 0.873 bits per heavy atom. The number of hydrogen-bond donors (Lipinski definition) is 1. The van der Waals surface area contributed by atoms with Gasteiger partial charge in [0, 0.05) is 17.6 Å². The number of carbonyl (C=O) groups excluding carboxylic acids is 1. The van der Waals surface area contributed by atoms with E-state index >= 15 is 4.39 Å². The number of methoxy groups -OCH3 is 2. The molecule has 1 amide bonds. The van der Waals surface area contributed by atoms with Crippen LogP contribution in [0.3, 0.4) is 0 Å². The van der Waals surface area contributed by atoms with Crippen LogP contribution in [0.25, 0.3) is 11.2 Å². The lowest BCUT2D eigenvalue weighted by atomic mass is 9.80. The van der Waals surface area contributed by atoms with Gasteiger partial charge >= 0.3 is 0 Å². The van der Waals surface area contributed by atoms with E-state index in [1.807, 2.05) is 117 Å². The Morgan fingerprint density at radius 3 is 2.03 bits per heavy atom. The Hall–Kier alpha value is -5.85. The van der Waals surface area contributed by atoms with Crippen molar-refractivity contribution in [1.82, 2.24) is 24.2 Å². The van der Waals surface area contributed by atoms with Crippen molar-refractivity contribution in [3.05, 3.63) is 144 Å². The Balaban J connectivity index is 1.31. The number of alkyl halides is 1. The molecule has 0 saturated carbocycles. The van der Waals surface area contributed by atoms with Crippen molar-refractivity contribution in [2.45, 2.75) is 76.4 Å². The number of ether oxygens (including phenoxy) is 4. The first kappa shape index (κ1) is 45.2. The number of halogens is 1. The smallest absolute Gasteiger partial charge is 0.259 e. The van der Waals surface area contributed by atoms with Crippen LogP contribution in [0.5, 0.6) is 11.5 Å². The Kier molecular flexibility index (Phi) is 14.7. The van der Waals surface area contributed by atoms with E-state index in [0.29, 0.717) is 17.1 Å². The molecule has 1 N–H and O–H groups in total. The molecule has 4 aromatic carbocycles. The van der Waals surface area contributed by atoms with Gasteiger partial charge in [0.2, 0.25) is 0 Å². The van der Waals surface area contributed by atoms with Gasteiger partial charge in [-0.25, -0.2) is 24.0 Å². The summed E-state index contributed by atoms with van der Waals surface area (Å²) in [4.78, 5) is 26.5. The van der Waals surface area contributed by atoms with Crippen LogP contribution in [0.15, 0.2) is 122 Å². The largest absolute Gasteiger partial charge is 0.497 e. The van der Waals surface area contributed by atoms with Crippen LogP contribution >= 0.6 is 8.53 Å². The quantitative estimate of drug-likeness (QED) is 0.0469. The lowest BCUT2D eigenvalue weighted by Gasteiger charge is -2.39. The summed E-state index contributed by atoms with van der Waals surface area (Å²) in [7, 11) is 1.29. The molecule has 1 saturated heterocycles. The highest BCUT2D eigenvalue weighted by Crippen LogP contribution is 2.51. The number of carbonyl (C=O) groups is 1. The number of fused-ring (bicyclic) bond motifs is 1. The maximum absolute atomic E-state index is 17.7. The van der Waals surface area contributed by atoms with Crippen LogP contribution in [0, 0.1) is 11.3 Å². The predicted molar refractivity (Wildman–Crippen MR) is 237 cm³/mol. The molecule has 1 fully saturated rings. The fourth-order valence-electron chi connectivity index (χ4n) is 7.76. The summed E-state index contributed by atoms with van der Waals surface area (Å²) in [5.41, 5.74) is 2.00. The second kappa shape index (κ2) is 20.6. The maximum Gasteiger partial charge on any atom is 0.259 e. The van der Waals surface area contributed by atoms with Gasteiger partial charge in [-0.2, -0.15) is 5.26 Å². The Bertz CT molecular complexity index is 2400. The molecule has 16 heteroatoms. The van der Waals surface area contributed by atoms with Crippen molar-refractivity contribution in [3.8, 4) is 17.6 Å². The number of aromatic nitrogens is 4. The van der Waals surface area contributed by atoms with E-state index < -0.39 is 44.6 Å². The average Bonchev–Trinajstić information content (AvgIpc) is 3.87. The number of nitriles is 1. The number of benzene rings is 4. The van der Waals surface area contributed by atoms with Gasteiger partial charge in [0.05, 0.1) is 46.3 Å². The van der Waals surface area contributed by atoms with Crippen LogP contribution < -0.4 is 14.8 Å². The standard InChI is InChI=1S/C47H51FN7O7P/c1-31(2)55(32(3)4)63(60-27-13-26-49)62-42-39(61-46(40(42)48)54-30-52-41-43(50-29-51-44(41)54)53-45(56)33-14-9-7-10-15-33)28-59-47(34-16-11-8-12-17-34,35-18-22-37(57-5)23-19-35)36-20-24-38(58-6)25-21-36/h7-12,14-25,29-32,39-40,42,46H,13,27-28H2,1-6H3,(H,50,51,53,56)/t39-,40+,42+,46-,63?/m1/s1. The summed E-state index contributed by atoms with van der Waals surface area (Å²) in [6, 6.07) is 35.7. The lowest BCUT2D eigenvalue weighted by Crippen LogP contribution is -2.41. The van der Waals surface area contributed by atoms with Crippen molar-refractivity contribution in [2.24, 2.45) is 0 Å². The van der Waals surface area contributed by atoms with Crippen molar-refractivity contribution >= 4 is 31.4 Å². The van der Waals surface area contributed by atoms with E-state index in [0.717, 1.165) is 16.7 Å². The summed E-state index contributed by atoms with van der Waals surface area (Å²) in [5, 5.41) is 12.2. The molecule has 2 aromatic heterocycles. The summed E-state index contributed by atoms with van der Waals surface area (Å²) < 4.78 is 59.3. The molecule has 0 radical (unpaired) electrons. The first-order valence-corrected chi connectivity index (χ1v) is 21.8. The number of imidazole rings is 1. The first-order chi connectivity index (χ1) is 30.6. The topological polar surface area (TPSA) is 155 Å². The summed E-state index contributed by atoms with van der Waals surface area (Å²) >= 11 is 0. The third kappa shape index (κ3) is 9.72. The maximum atomic E-state index is 17.7. The fraction of sp³-hybridized carbons (Fsp3) is 0.340. The zero-order valence-electron chi connectivity index (χ0n) is 36.0. The summed E-state index contributed by atoms with van der Waals surface area (Å²) in [6.45, 7) is 7.96. The van der Waals surface area contributed by atoms with Crippen molar-refractivity contribution in [1.29, 1.82) is 5.26 Å². The molecular weight excluding hydrogens is 825 g/mol. The van der Waals surface area contributed by atoms with Gasteiger partial charge in [-0.1, -0.05) is 72.8 Å². The zero-order valence-corrected chi connectivity index (χ0v) is 36.9. The van der Waals surface area contributed by atoms with Crippen molar-refractivity contribution in [3.63, 3.8) is 0 Å². The minimum absolute atomic E-state index is 0.0567. The highest BCUT2D eigenvalue weighted by Gasteiger charge is 2.51. The molecule has 1 unspecified atom stereocenters. The van der Waals surface area contributed by atoms with Crippen LogP contribution in [0.1, 0.15) is 67.4 Å². The molecule has 0 aliphatic carbocycles. The first-order valence-electron chi connectivity index (χ1n) is 20.7. The molecule has 328 valence electrons. The molecule has 3 heterocycles. The number of amides is 1. The highest BCUT2D eigenvalue weighted by molar-refractivity contribution is 7.44. The molecule has 5 atom stereocenters. The second-order valence-electron chi connectivity index (χ2n) is 15.3. The molecule has 1 aliphatic rings. The predicted octanol–water partition coefficient (Wildman–Crippen LogP) is 9.00. The average molecular weight is 876 g/mol. The van der Waals surface area contributed by atoms with Crippen LogP contribution in [0.2, 0.25) is 0 Å². The Labute approximate surface area is 367 Å². The van der Waals surface area contributed by atoms with E-state index in [1.54, 1.807) is 38.5 Å². The molecule has 7 rings (SSSR count). The van der Waals surface area contributed by atoms with Crippen LogP contribution in [-0.4, -0.2) is 88.0 Å². The SMILES string of the molecule is COc1ccc(C(OC[C@H]2O[C@@H](n3cnc4c(NC(=O)c5ccccc5)ncnc43)[C@@H](F)[C@H]2OP(OCCC#N)N(C(C)C)C(C)C)(c2ccccc2)c2ccc(OC)cc2)cc1. The summed E-state index contributed by atoms with van der Waals surface area (Å²) in [6.07, 6.45) is -2.59. The van der Waals surface area contributed by atoms with E-state index in [-0.39, 0.29) is 48.7 Å². The third-order valence-corrected chi connectivity index (χ3v) is 12.8. The number of nitrogens with zero attached hydrogens (tertiary/aromatic N) is 6. The van der Waals surface area contributed by atoms with Gasteiger partial charge < -0.3 is 33.3 Å². The van der Waals surface area contributed by atoms with E-state index in [4.69, 9.17) is 28.0 Å². The molecule has 1 aliphatic heterocycles. The minimum atomic E-state index is -1.93. The Morgan fingerprint density at radius 2 is 1.46 bits per heavy atom. The number of hydrogen-bond acceptors (Lipinski definition) is 12. The van der Waals surface area contributed by atoms with Gasteiger partial charge in [-0.15, -0.1) is 0 Å². The number of anilines is 1. The van der Waals surface area contributed by atoms with Crippen molar-refractivity contribution < 1.29 is 37.2 Å². The second-order valence-corrected chi connectivity index (χ2v) is 16.7. The van der Waals surface area contributed by atoms with Gasteiger partial charge in [-0.05, 0) is 80.8 Å². The molecule has 0 bridgehead atoms. The lowest BCUT2D eigenvalue weighted by molar-refractivity contribution is -0.0919. The van der Waals surface area contributed by atoms with Gasteiger partial charge in [0.25, 0.3) is 14.4 Å². The monoisotopic (exact) mass is 875 g/mol. The normalized spacial score (nSPS) is 18.2. The molecule has 0 spiro atoms. The summed E-state index contributed by atoms with van der Waals surface area (Å²) in [5.74, 6) is 1.08. The zero-order chi connectivity index (χ0) is 44.5. The van der Waals surface area contributed by atoms with Crippen molar-refractivity contribution in [2.75, 3.05) is 32.8 Å². The van der Waals surface area contributed by atoms with E-state index in [1.165, 1.54) is 17.2 Å².